The molecular formula is C52H70F12N6O7. The largest absolute Gasteiger partial charge is 0.434 e. The molecule has 0 aliphatic carbocycles. The molecule has 0 bridgehead atoms. The van der Waals surface area contributed by atoms with E-state index in [0.717, 1.165) is 92.7 Å². The summed E-state index contributed by atoms with van der Waals surface area (Å²) in [5, 5.41) is 3.34. The number of carbonyl (C=O) groups is 3. The third-order valence-electron chi connectivity index (χ3n) is 15.4. The summed E-state index contributed by atoms with van der Waals surface area (Å²) in [6.45, 7) is 21.1. The van der Waals surface area contributed by atoms with E-state index in [9.17, 15) is 67.1 Å². The normalized spacial score (nSPS) is 21.7. The average molecular weight is 1120 g/mol. The molecule has 77 heavy (non-hydrogen) atoms. The van der Waals surface area contributed by atoms with Gasteiger partial charge in [0.25, 0.3) is 12.2 Å². The molecule has 434 valence electrons. The van der Waals surface area contributed by atoms with Gasteiger partial charge in [0.2, 0.25) is 0 Å². The number of ether oxygens (including phenoxy) is 4. The molecule has 0 unspecified atom stereocenters. The van der Waals surface area contributed by atoms with Gasteiger partial charge in [-0.05, 0) is 126 Å². The van der Waals surface area contributed by atoms with Crippen LogP contribution in [0.5, 0.6) is 0 Å². The van der Waals surface area contributed by atoms with Crippen LogP contribution in [0.4, 0.5) is 73.6 Å². The fourth-order valence-corrected chi connectivity index (χ4v) is 11.4. The quantitative estimate of drug-likeness (QED) is 0.211. The van der Waals surface area contributed by atoms with E-state index in [4.69, 9.17) is 9.47 Å². The third-order valence-corrected chi connectivity index (χ3v) is 15.4. The van der Waals surface area contributed by atoms with Crippen LogP contribution in [0.3, 0.4) is 0 Å². The molecule has 6 fully saturated rings. The number of likely N-dealkylation sites (tertiary alicyclic amines) is 3. The minimum atomic E-state index is -5.73. The van der Waals surface area contributed by atoms with Gasteiger partial charge in [-0.2, -0.15) is 52.7 Å². The topological polar surface area (TPSA) is 116 Å². The molecule has 2 aromatic rings. The van der Waals surface area contributed by atoms with Crippen LogP contribution < -0.4 is 15.1 Å². The van der Waals surface area contributed by atoms with Crippen LogP contribution in [0.2, 0.25) is 0 Å². The van der Waals surface area contributed by atoms with Crippen LogP contribution in [0.15, 0.2) is 36.4 Å². The molecule has 0 saturated carbocycles. The molecule has 6 aliphatic heterocycles. The highest BCUT2D eigenvalue weighted by Crippen LogP contribution is 2.50. The maximum absolute atomic E-state index is 12.8. The number of hydrogen-bond acceptors (Lipinski definition) is 11. The Morgan fingerprint density at radius 1 is 0.610 bits per heavy atom. The summed E-state index contributed by atoms with van der Waals surface area (Å²) in [5.74, 6) is 0. The Balaban J connectivity index is 0.000000209. The fourth-order valence-electron chi connectivity index (χ4n) is 11.4. The molecule has 13 nitrogen and oxygen atoms in total. The molecule has 0 radical (unpaired) electrons. The predicted molar refractivity (Wildman–Crippen MR) is 261 cm³/mol. The zero-order valence-electron chi connectivity index (χ0n) is 44.2. The van der Waals surface area contributed by atoms with Crippen LogP contribution in [-0.4, -0.2) is 173 Å². The van der Waals surface area contributed by atoms with Crippen molar-refractivity contribution in [1.82, 2.24) is 20.0 Å². The molecule has 25 heteroatoms. The lowest BCUT2D eigenvalue weighted by Gasteiger charge is -2.39. The van der Waals surface area contributed by atoms with Crippen molar-refractivity contribution in [1.29, 1.82) is 0 Å². The molecule has 8 rings (SSSR count). The van der Waals surface area contributed by atoms with E-state index in [-0.39, 0.29) is 48.1 Å². The zero-order valence-corrected chi connectivity index (χ0v) is 44.2. The van der Waals surface area contributed by atoms with Gasteiger partial charge in [-0.25, -0.2) is 9.59 Å². The summed E-state index contributed by atoms with van der Waals surface area (Å²) in [7, 11) is 0. The molecule has 6 aliphatic rings. The second-order valence-electron chi connectivity index (χ2n) is 22.4. The number of aryl methyl sites for hydroxylation is 2. The number of nitrogens with zero attached hydrogens (tertiary/aromatic N) is 5. The highest BCUT2D eigenvalue weighted by atomic mass is 19.4. The monoisotopic (exact) mass is 1120 g/mol. The van der Waals surface area contributed by atoms with Gasteiger partial charge in [0.15, 0.2) is 6.29 Å². The van der Waals surface area contributed by atoms with Crippen LogP contribution in [-0.2, 0) is 25.5 Å². The van der Waals surface area contributed by atoms with Crippen molar-refractivity contribution in [2.75, 3.05) is 102 Å². The summed E-state index contributed by atoms with van der Waals surface area (Å²) in [5.41, 5.74) is 6.04. The van der Waals surface area contributed by atoms with Gasteiger partial charge < -0.3 is 43.9 Å². The van der Waals surface area contributed by atoms with E-state index in [2.05, 4.69) is 74.5 Å². The Morgan fingerprint density at radius 2 is 1.03 bits per heavy atom. The number of anilines is 2. The third kappa shape index (κ3) is 16.2. The van der Waals surface area contributed by atoms with Crippen LogP contribution in [0, 0.1) is 24.7 Å². The number of piperidine rings is 2. The highest BCUT2D eigenvalue weighted by molar-refractivity contribution is 5.85. The Bertz CT molecular complexity index is 2290. The summed E-state index contributed by atoms with van der Waals surface area (Å²) in [6, 6.07) is 12.4. The van der Waals surface area contributed by atoms with E-state index in [1.165, 1.54) is 22.4 Å². The lowest BCUT2D eigenvalue weighted by molar-refractivity contribution is -0.309. The Hall–Kier alpha value is -4.75. The number of carbonyl (C=O) groups excluding carboxylic acids is 3. The average Bonchev–Trinajstić information content (AvgIpc) is 3.78. The van der Waals surface area contributed by atoms with Crippen molar-refractivity contribution in [3.8, 4) is 0 Å². The summed E-state index contributed by atoms with van der Waals surface area (Å²) < 4.78 is 170. The number of aldehydes is 1. The minimum Gasteiger partial charge on any atom is -0.426 e. The van der Waals surface area contributed by atoms with Crippen LogP contribution >= 0.6 is 0 Å². The van der Waals surface area contributed by atoms with E-state index in [0.29, 0.717) is 45.4 Å². The first kappa shape index (κ1) is 61.5. The molecule has 0 atom stereocenters. The molecular weight excluding hydrogens is 1050 g/mol. The number of morpholine rings is 2. The second-order valence-corrected chi connectivity index (χ2v) is 22.4. The fraction of sp³-hybridized carbons (Fsp3) is 0.712. The molecule has 2 amide bonds. The van der Waals surface area contributed by atoms with Gasteiger partial charge in [-0.1, -0.05) is 18.2 Å². The summed E-state index contributed by atoms with van der Waals surface area (Å²) >= 11 is 0. The van der Waals surface area contributed by atoms with Gasteiger partial charge in [0.1, 0.15) is 0 Å². The van der Waals surface area contributed by atoms with Gasteiger partial charge in [-0.15, -0.1) is 0 Å². The van der Waals surface area contributed by atoms with Crippen LogP contribution in [0.25, 0.3) is 0 Å². The van der Waals surface area contributed by atoms with E-state index < -0.39 is 49.1 Å². The van der Waals surface area contributed by atoms with E-state index >= 15 is 0 Å². The Kier molecular flexibility index (Phi) is 19.1. The SMILES string of the molecule is CC1(C)CC2(CCN(C(=O)OC(C(F)(F)F)C(F)(F)F)CC2)CN1.Cc1ccc(C=O)c(N2CCOCC2)c1.Cc1ccc(CN2CC3(CCN(C(=O)OC(C(F)(F)F)C(F)(F)F)CC3)CC2(C)C)c(N2CCOCC2)c1. The smallest absolute Gasteiger partial charge is 0.426 e. The van der Waals surface area contributed by atoms with Crippen molar-refractivity contribution >= 4 is 29.8 Å². The van der Waals surface area contributed by atoms with Crippen molar-refractivity contribution in [3.05, 3.63) is 58.7 Å². The summed E-state index contributed by atoms with van der Waals surface area (Å²) in [6.07, 6.45) is -29.6. The van der Waals surface area contributed by atoms with E-state index in [1.807, 2.05) is 32.9 Å². The van der Waals surface area contributed by atoms with Crippen molar-refractivity contribution in [2.24, 2.45) is 10.8 Å². The minimum absolute atomic E-state index is 0.0503. The maximum atomic E-state index is 12.8. The number of hydrogen-bond donors (Lipinski definition) is 1. The lowest BCUT2D eigenvalue weighted by atomic mass is 9.74. The number of amides is 2. The van der Waals surface area contributed by atoms with Gasteiger partial charge in [0, 0.05) is 100 Å². The van der Waals surface area contributed by atoms with Crippen molar-refractivity contribution in [2.45, 2.75) is 135 Å². The zero-order chi connectivity index (χ0) is 57.0. The number of benzene rings is 2. The van der Waals surface area contributed by atoms with Gasteiger partial charge in [0.05, 0.1) is 26.4 Å². The standard InChI is InChI=1S/C26H35F6N3O3.C14H20F6N2O2.C12H15NO2/c1-18-4-5-19(20(14-18)33-10-12-37-13-11-33)15-35-17-24(16-23(35,2)3)6-8-34(9-7-24)22(36)38-21(25(27,28)29)26(30,31)32;1-11(2)7-12(8-21-11)3-5-22(6-4-12)10(23)24-9(13(15,16)17)14(18,19)20;1-10-2-3-11(9-14)12(8-10)13-4-6-15-7-5-13/h4-5,14,21H,6-13,15-17H2,1-3H3;9,21H,3-8H2,1-2H3;2-3,8-9H,4-7H2,1H3. The first-order valence-corrected chi connectivity index (χ1v) is 25.6. The number of alkyl halides is 12. The Labute approximate surface area is 440 Å². The van der Waals surface area contributed by atoms with Crippen molar-refractivity contribution in [3.63, 3.8) is 0 Å². The van der Waals surface area contributed by atoms with Crippen LogP contribution in [0.1, 0.15) is 93.3 Å². The molecule has 1 N–H and O–H groups in total. The van der Waals surface area contributed by atoms with Gasteiger partial charge in [-0.3, -0.25) is 9.69 Å². The first-order valence-electron chi connectivity index (χ1n) is 25.6. The van der Waals surface area contributed by atoms with Gasteiger partial charge >= 0.3 is 36.9 Å². The highest BCUT2D eigenvalue weighted by Gasteiger charge is 2.62. The van der Waals surface area contributed by atoms with Crippen molar-refractivity contribution < 1.29 is 86.0 Å². The summed E-state index contributed by atoms with van der Waals surface area (Å²) in [4.78, 5) is 43.7. The number of nitrogens with one attached hydrogen (secondary N) is 1. The number of halogens is 12. The molecule has 6 saturated heterocycles. The first-order chi connectivity index (χ1) is 35.6. The number of rotatable bonds is 7. The molecule has 2 aromatic carbocycles. The maximum Gasteiger partial charge on any atom is 0.434 e. The molecule has 2 spiro atoms. The predicted octanol–water partition coefficient (Wildman–Crippen LogP) is 10.6. The Morgan fingerprint density at radius 3 is 1.44 bits per heavy atom. The molecule has 0 aromatic heterocycles. The lowest BCUT2D eigenvalue weighted by Crippen LogP contribution is -2.50. The second kappa shape index (κ2) is 23.9. The van der Waals surface area contributed by atoms with E-state index in [1.54, 1.807) is 0 Å². The molecule has 6 heterocycles.